The van der Waals surface area contributed by atoms with Gasteiger partial charge in [-0.15, -0.1) is 0 Å². The number of hydrogen-bond acceptors (Lipinski definition) is 6. The summed E-state index contributed by atoms with van der Waals surface area (Å²) >= 11 is 12.1. The van der Waals surface area contributed by atoms with E-state index in [2.05, 4.69) is 53.2 Å². The number of unbranched alkanes of at least 4 members (excludes halogenated alkanes) is 1. The molecule has 9 heteroatoms. The van der Waals surface area contributed by atoms with Crippen molar-refractivity contribution < 1.29 is 0 Å². The molecule has 0 amide bonds. The summed E-state index contributed by atoms with van der Waals surface area (Å²) < 4.78 is 1.83. The molecule has 0 unspecified atom stereocenters. The highest BCUT2D eigenvalue weighted by atomic mass is 35.5. The molecule has 0 spiro atoms. The summed E-state index contributed by atoms with van der Waals surface area (Å²) in [6.45, 7) is 9.81. The van der Waals surface area contributed by atoms with Crippen LogP contribution in [0, 0.1) is 18.3 Å². The Morgan fingerprint density at radius 2 is 1.94 bits per heavy atom. The van der Waals surface area contributed by atoms with E-state index in [1.54, 1.807) is 12.1 Å². The number of pyridine rings is 2. The Labute approximate surface area is 205 Å². The number of allylic oxidation sites excluding steroid dienone is 1. The maximum atomic E-state index is 9.48. The number of rotatable bonds is 9. The zero-order chi connectivity index (χ0) is 24.1. The zero-order valence-electron chi connectivity index (χ0n) is 19.7. The van der Waals surface area contributed by atoms with Crippen molar-refractivity contribution in [3.05, 3.63) is 57.4 Å². The Balaban J connectivity index is 2.01. The van der Waals surface area contributed by atoms with Crippen LogP contribution in [0.25, 0.3) is 11.0 Å². The molecule has 0 aliphatic carbocycles. The van der Waals surface area contributed by atoms with E-state index in [4.69, 9.17) is 28.2 Å². The molecular weight excluding hydrogens is 457 g/mol. The van der Waals surface area contributed by atoms with Gasteiger partial charge in [-0.05, 0) is 43.0 Å². The minimum absolute atomic E-state index is 0.279. The highest BCUT2D eigenvalue weighted by molar-refractivity contribution is 6.32. The molecule has 3 aromatic heterocycles. The Hall–Kier alpha value is -2.82. The quantitative estimate of drug-likeness (QED) is 0.287. The van der Waals surface area contributed by atoms with E-state index < -0.39 is 0 Å². The predicted molar refractivity (Wildman–Crippen MR) is 134 cm³/mol. The number of nitrogens with one attached hydrogen (secondary N) is 1. The van der Waals surface area contributed by atoms with Gasteiger partial charge < -0.3 is 10.2 Å². The summed E-state index contributed by atoms with van der Waals surface area (Å²) in [5.74, 6) is 0.980. The maximum Gasteiger partial charge on any atom is 0.158 e. The molecule has 0 aliphatic rings. The fraction of sp³-hybridized carbons (Fsp3) is 0.417. The van der Waals surface area contributed by atoms with Crippen molar-refractivity contribution >= 4 is 39.9 Å². The van der Waals surface area contributed by atoms with Crippen molar-refractivity contribution in [2.24, 2.45) is 7.05 Å². The maximum absolute atomic E-state index is 9.48. The zero-order valence-corrected chi connectivity index (χ0v) is 21.2. The first-order valence-electron chi connectivity index (χ1n) is 11.0. The second-order valence-corrected chi connectivity index (χ2v) is 9.10. The molecule has 3 heterocycles. The van der Waals surface area contributed by atoms with Crippen LogP contribution in [0.15, 0.2) is 30.1 Å². The van der Waals surface area contributed by atoms with E-state index in [1.807, 2.05) is 18.7 Å². The molecule has 174 valence electrons. The first-order chi connectivity index (χ1) is 15.7. The number of fused-ring (bicyclic) bond motifs is 1. The van der Waals surface area contributed by atoms with Gasteiger partial charge in [-0.2, -0.15) is 10.4 Å². The van der Waals surface area contributed by atoms with Crippen LogP contribution >= 0.6 is 23.2 Å². The second kappa shape index (κ2) is 10.9. The van der Waals surface area contributed by atoms with Crippen molar-refractivity contribution in [1.82, 2.24) is 24.6 Å². The van der Waals surface area contributed by atoms with Gasteiger partial charge in [0.2, 0.25) is 0 Å². The van der Waals surface area contributed by atoms with E-state index in [1.165, 1.54) is 11.6 Å². The van der Waals surface area contributed by atoms with Crippen LogP contribution in [0.5, 0.6) is 0 Å². The number of aromatic nitrogens is 4. The molecule has 7 nitrogen and oxygen atoms in total. The van der Waals surface area contributed by atoms with Gasteiger partial charge in [0.15, 0.2) is 5.65 Å². The summed E-state index contributed by atoms with van der Waals surface area (Å²) in [5, 5.41) is 19.0. The van der Waals surface area contributed by atoms with Gasteiger partial charge in [-0.25, -0.2) is 9.97 Å². The number of hydrogen-bond donors (Lipinski definition) is 1. The van der Waals surface area contributed by atoms with Crippen LogP contribution in [0.2, 0.25) is 10.3 Å². The third-order valence-corrected chi connectivity index (χ3v) is 5.77. The highest BCUT2D eigenvalue weighted by Crippen LogP contribution is 2.29. The average Bonchev–Trinajstić information content (AvgIpc) is 3.03. The normalized spacial score (nSPS) is 11.8. The molecule has 0 fully saturated rings. The van der Waals surface area contributed by atoms with Crippen LogP contribution in [-0.2, 0) is 13.6 Å². The lowest BCUT2D eigenvalue weighted by atomic mass is 9.98. The average molecular weight is 486 g/mol. The summed E-state index contributed by atoms with van der Waals surface area (Å²) in [6.07, 6.45) is 3.48. The van der Waals surface area contributed by atoms with Crippen LogP contribution in [-0.4, -0.2) is 31.2 Å². The molecule has 0 saturated carbocycles. The van der Waals surface area contributed by atoms with E-state index >= 15 is 0 Å². The molecule has 0 atom stereocenters. The van der Waals surface area contributed by atoms with E-state index in [0.717, 1.165) is 41.8 Å². The topological polar surface area (TPSA) is 82.7 Å². The lowest BCUT2D eigenvalue weighted by Gasteiger charge is -2.28. The van der Waals surface area contributed by atoms with Gasteiger partial charge in [0.1, 0.15) is 16.1 Å². The fourth-order valence-corrected chi connectivity index (χ4v) is 4.31. The smallest absolute Gasteiger partial charge is 0.158 e. The summed E-state index contributed by atoms with van der Waals surface area (Å²) in [6, 6.07) is 7.66. The minimum atomic E-state index is 0.279. The lowest BCUT2D eigenvalue weighted by molar-refractivity contribution is 0.330. The minimum Gasteiger partial charge on any atom is -0.352 e. The van der Waals surface area contributed by atoms with Crippen LogP contribution in [0.1, 0.15) is 56.5 Å². The molecule has 0 saturated heterocycles. The molecular formula is C24H29Cl2N7. The number of halogens is 2. The molecule has 3 aromatic rings. The molecule has 33 heavy (non-hydrogen) atoms. The van der Waals surface area contributed by atoms with Gasteiger partial charge in [0.25, 0.3) is 0 Å². The predicted octanol–water partition coefficient (Wildman–Crippen LogP) is 6.18. The van der Waals surface area contributed by atoms with Crippen molar-refractivity contribution in [3.63, 3.8) is 0 Å². The largest absolute Gasteiger partial charge is 0.352 e. The van der Waals surface area contributed by atoms with Gasteiger partial charge in [-0.1, -0.05) is 50.4 Å². The van der Waals surface area contributed by atoms with Crippen LogP contribution < -0.4 is 5.32 Å². The number of anilines is 1. The summed E-state index contributed by atoms with van der Waals surface area (Å²) in [7, 11) is 1.92. The lowest BCUT2D eigenvalue weighted by Crippen LogP contribution is -2.28. The fourth-order valence-electron chi connectivity index (χ4n) is 3.85. The Morgan fingerprint density at radius 1 is 1.24 bits per heavy atom. The molecule has 0 bridgehead atoms. The van der Waals surface area contributed by atoms with E-state index in [9.17, 15) is 5.26 Å². The van der Waals surface area contributed by atoms with Crippen molar-refractivity contribution in [2.45, 2.75) is 53.0 Å². The Morgan fingerprint density at radius 3 is 2.55 bits per heavy atom. The van der Waals surface area contributed by atoms with E-state index in [-0.39, 0.29) is 10.3 Å². The van der Waals surface area contributed by atoms with Gasteiger partial charge in [0, 0.05) is 24.7 Å². The SMILES string of the molecule is CCCCN(Cc1cc(C(C)C)c2c(C)nn(C)c2n1)/C(=C\C#N)Nc1cc(Cl)nc(Cl)c1. The Bertz CT molecular complexity index is 1190. The van der Waals surface area contributed by atoms with E-state index in [0.29, 0.717) is 24.0 Å². The standard InChI is InChI=1S/C24H29Cl2N7/c1-6-7-10-33(22(8-9-27)28-17-12-20(25)30-21(26)13-17)14-18-11-19(15(2)3)23-16(4)31-32(5)24(23)29-18/h8,11-13,15H,6-7,10,14H2,1-5H3,(H,28,30)/b22-8-. The number of nitrogens with zero attached hydrogens (tertiary/aromatic N) is 6. The van der Waals surface area contributed by atoms with Crippen LogP contribution in [0.3, 0.4) is 0 Å². The third kappa shape index (κ3) is 5.95. The summed E-state index contributed by atoms with van der Waals surface area (Å²) in [5.41, 5.74) is 4.66. The van der Waals surface area contributed by atoms with Crippen molar-refractivity contribution in [3.8, 4) is 6.07 Å². The second-order valence-electron chi connectivity index (χ2n) is 8.33. The molecule has 0 radical (unpaired) electrons. The third-order valence-electron chi connectivity index (χ3n) is 5.39. The Kier molecular flexibility index (Phi) is 8.17. The first kappa shape index (κ1) is 24.8. The monoisotopic (exact) mass is 485 g/mol. The van der Waals surface area contributed by atoms with Crippen LogP contribution in [0.4, 0.5) is 5.69 Å². The number of aryl methyl sites for hydroxylation is 2. The van der Waals surface area contributed by atoms with Crippen molar-refractivity contribution in [2.75, 3.05) is 11.9 Å². The molecule has 0 aromatic carbocycles. The summed E-state index contributed by atoms with van der Waals surface area (Å²) in [4.78, 5) is 11.0. The first-order valence-corrected chi connectivity index (χ1v) is 11.8. The molecule has 1 N–H and O–H groups in total. The number of nitriles is 1. The van der Waals surface area contributed by atoms with Gasteiger partial charge in [-0.3, -0.25) is 4.68 Å². The molecule has 3 rings (SSSR count). The highest BCUT2D eigenvalue weighted by Gasteiger charge is 2.18. The van der Waals surface area contributed by atoms with Gasteiger partial charge >= 0.3 is 0 Å². The molecule has 0 aliphatic heterocycles. The van der Waals surface area contributed by atoms with Crippen molar-refractivity contribution in [1.29, 1.82) is 5.26 Å². The van der Waals surface area contributed by atoms with Gasteiger partial charge in [0.05, 0.1) is 30.1 Å².